The van der Waals surface area contributed by atoms with Gasteiger partial charge in [0.25, 0.3) is 17.2 Å². The second-order valence-corrected chi connectivity index (χ2v) is 7.23. The van der Waals surface area contributed by atoms with Crippen molar-refractivity contribution in [3.63, 3.8) is 0 Å². The number of benzene rings is 2. The number of ether oxygens (including phenoxy) is 1. The summed E-state index contributed by atoms with van der Waals surface area (Å²) in [7, 11) is 1.63. The van der Waals surface area contributed by atoms with Crippen molar-refractivity contribution in [2.24, 2.45) is 0 Å². The molecule has 0 fully saturated rings. The van der Waals surface area contributed by atoms with Crippen LogP contribution in [0.15, 0.2) is 78.0 Å². The number of fused-ring (bicyclic) bond motifs is 1. The number of hydrogen-bond acceptors (Lipinski definition) is 3. The number of nitrogens with one attached hydrogen (secondary N) is 1. The van der Waals surface area contributed by atoms with Crippen LogP contribution in [0.5, 0.6) is 5.75 Å². The lowest BCUT2D eigenvalue weighted by Gasteiger charge is -2.05. The summed E-state index contributed by atoms with van der Waals surface area (Å²) in [4.78, 5) is 13.1. The van der Waals surface area contributed by atoms with Crippen molar-refractivity contribution in [3.05, 3.63) is 89.7 Å². The highest BCUT2D eigenvalue weighted by Crippen LogP contribution is 2.22. The first-order chi connectivity index (χ1) is 14.1. The van der Waals surface area contributed by atoms with Crippen LogP contribution in [0.1, 0.15) is 21.6 Å². The Morgan fingerprint density at radius 3 is 2.48 bits per heavy atom. The summed E-state index contributed by atoms with van der Waals surface area (Å²) in [6, 6.07) is 21.6. The largest absolute Gasteiger partial charge is 0.497 e. The molecule has 0 bridgehead atoms. The fourth-order valence-electron chi connectivity index (χ4n) is 3.30. The molecule has 0 radical (unpaired) electrons. The number of aromatic nitrogens is 2. The van der Waals surface area contributed by atoms with Gasteiger partial charge >= 0.3 is 0 Å². The number of nitrogens with zero attached hydrogens (tertiary/aromatic N) is 2. The van der Waals surface area contributed by atoms with E-state index in [1.54, 1.807) is 7.11 Å². The van der Waals surface area contributed by atoms with E-state index in [0.29, 0.717) is 17.3 Å². The van der Waals surface area contributed by atoms with Crippen LogP contribution < -0.4 is 14.5 Å². The Labute approximate surface area is 175 Å². The zero-order valence-electron chi connectivity index (χ0n) is 16.3. The first kappa shape index (κ1) is 19.1. The molecule has 2 heterocycles. The molecule has 0 aliphatic carbocycles. The predicted molar refractivity (Wildman–Crippen MR) is 115 cm³/mol. The molecule has 0 aliphatic rings. The number of imidazole rings is 1. The topological polar surface area (TPSA) is 47.4 Å². The SMILES string of the molecule is COc1ccc(CNC(=O)c2c(S)n(-c3ccc(C)cc3)c3cccc[n+]23)cc1. The van der Waals surface area contributed by atoms with Crippen molar-refractivity contribution in [3.8, 4) is 11.4 Å². The van der Waals surface area contributed by atoms with Gasteiger partial charge in [-0.1, -0.05) is 48.5 Å². The second-order valence-electron chi connectivity index (χ2n) is 6.80. The van der Waals surface area contributed by atoms with Gasteiger partial charge in [0.2, 0.25) is 5.03 Å². The summed E-state index contributed by atoms with van der Waals surface area (Å²) in [6.07, 6.45) is 1.88. The molecular weight excluding hydrogens is 382 g/mol. The summed E-state index contributed by atoms with van der Waals surface area (Å²) < 4.78 is 9.02. The van der Waals surface area contributed by atoms with Crippen molar-refractivity contribution < 1.29 is 13.9 Å². The number of aryl methyl sites for hydroxylation is 1. The van der Waals surface area contributed by atoms with Crippen molar-refractivity contribution in [2.75, 3.05) is 7.11 Å². The molecule has 0 spiro atoms. The quantitative estimate of drug-likeness (QED) is 0.393. The number of hydrogen-bond donors (Lipinski definition) is 2. The Kier molecular flexibility index (Phi) is 5.27. The maximum atomic E-state index is 13.1. The average molecular weight is 405 g/mol. The Morgan fingerprint density at radius 2 is 1.79 bits per heavy atom. The molecule has 4 aromatic rings. The molecule has 146 valence electrons. The smallest absolute Gasteiger partial charge is 0.297 e. The van der Waals surface area contributed by atoms with Crippen LogP contribution in [0.4, 0.5) is 0 Å². The van der Waals surface area contributed by atoms with Crippen molar-refractivity contribution in [2.45, 2.75) is 18.5 Å². The number of thiol groups is 1. The third-order valence-electron chi connectivity index (χ3n) is 4.85. The van der Waals surface area contributed by atoms with Gasteiger partial charge in [0.05, 0.1) is 13.3 Å². The van der Waals surface area contributed by atoms with E-state index in [1.807, 2.05) is 88.8 Å². The van der Waals surface area contributed by atoms with Crippen molar-refractivity contribution >= 4 is 24.2 Å². The normalized spacial score (nSPS) is 10.9. The van der Waals surface area contributed by atoms with Crippen LogP contribution in [0.25, 0.3) is 11.3 Å². The number of amides is 1. The fourth-order valence-corrected chi connectivity index (χ4v) is 3.72. The van der Waals surface area contributed by atoms with Gasteiger partial charge in [0.15, 0.2) is 0 Å². The van der Waals surface area contributed by atoms with Gasteiger partial charge in [-0.05, 0) is 42.8 Å². The summed E-state index contributed by atoms with van der Waals surface area (Å²) in [5.41, 5.74) is 4.50. The minimum absolute atomic E-state index is 0.183. The van der Waals surface area contributed by atoms with Gasteiger partial charge in [-0.2, -0.15) is 8.97 Å². The van der Waals surface area contributed by atoms with Gasteiger partial charge in [-0.3, -0.25) is 4.79 Å². The van der Waals surface area contributed by atoms with E-state index in [4.69, 9.17) is 17.4 Å². The van der Waals surface area contributed by atoms with E-state index < -0.39 is 0 Å². The van der Waals surface area contributed by atoms with E-state index in [1.165, 1.54) is 5.56 Å². The van der Waals surface area contributed by atoms with Gasteiger partial charge in [-0.25, -0.2) is 0 Å². The Balaban J connectivity index is 1.68. The van der Waals surface area contributed by atoms with Crippen LogP contribution in [-0.4, -0.2) is 17.6 Å². The zero-order chi connectivity index (χ0) is 20.4. The van der Waals surface area contributed by atoms with E-state index in [9.17, 15) is 4.79 Å². The minimum Gasteiger partial charge on any atom is -0.497 e. The van der Waals surface area contributed by atoms with Crippen molar-refractivity contribution in [1.29, 1.82) is 0 Å². The highest BCUT2D eigenvalue weighted by molar-refractivity contribution is 7.80. The highest BCUT2D eigenvalue weighted by Gasteiger charge is 2.29. The Morgan fingerprint density at radius 1 is 1.07 bits per heavy atom. The monoisotopic (exact) mass is 404 g/mol. The average Bonchev–Trinajstić information content (AvgIpc) is 3.05. The van der Waals surface area contributed by atoms with Gasteiger partial charge in [-0.15, -0.1) is 0 Å². The number of methoxy groups -OCH3 is 1. The molecular formula is C23H22N3O2S+. The molecule has 0 unspecified atom stereocenters. The van der Waals surface area contributed by atoms with E-state index in [2.05, 4.69) is 5.32 Å². The zero-order valence-corrected chi connectivity index (χ0v) is 17.2. The number of carbonyl (C=O) groups is 1. The lowest BCUT2D eigenvalue weighted by molar-refractivity contribution is -0.514. The molecule has 6 heteroatoms. The molecule has 0 saturated heterocycles. The molecule has 5 nitrogen and oxygen atoms in total. The number of pyridine rings is 1. The molecule has 0 aliphatic heterocycles. The third kappa shape index (κ3) is 3.71. The fraction of sp³-hybridized carbons (Fsp3) is 0.130. The molecule has 0 saturated carbocycles. The van der Waals surface area contributed by atoms with E-state index in [-0.39, 0.29) is 5.91 Å². The molecule has 2 aromatic carbocycles. The summed E-state index contributed by atoms with van der Waals surface area (Å²) in [5.74, 6) is 0.604. The van der Waals surface area contributed by atoms with Crippen LogP contribution in [0.2, 0.25) is 0 Å². The predicted octanol–water partition coefficient (Wildman–Crippen LogP) is 3.75. The summed E-state index contributed by atoms with van der Waals surface area (Å²) >= 11 is 4.72. The first-order valence-electron chi connectivity index (χ1n) is 9.30. The Bertz CT molecular complexity index is 1170. The second kappa shape index (κ2) is 8.01. The minimum atomic E-state index is -0.183. The van der Waals surface area contributed by atoms with Crippen molar-refractivity contribution in [1.82, 2.24) is 9.88 Å². The molecule has 4 rings (SSSR count). The summed E-state index contributed by atoms with van der Waals surface area (Å²) in [6.45, 7) is 2.46. The van der Waals surface area contributed by atoms with Crippen LogP contribution in [0, 0.1) is 6.92 Å². The summed E-state index contributed by atoms with van der Waals surface area (Å²) in [5, 5.41) is 3.59. The molecule has 2 aromatic heterocycles. The lowest BCUT2D eigenvalue weighted by Crippen LogP contribution is -2.34. The molecule has 29 heavy (non-hydrogen) atoms. The van der Waals surface area contributed by atoms with Gasteiger partial charge < -0.3 is 10.1 Å². The number of rotatable bonds is 5. The lowest BCUT2D eigenvalue weighted by atomic mass is 10.2. The third-order valence-corrected chi connectivity index (χ3v) is 5.26. The molecule has 0 atom stereocenters. The van der Waals surface area contributed by atoms with Gasteiger partial charge in [0.1, 0.15) is 11.4 Å². The standard InChI is InChI=1S/C23H21N3O2S/c1-16-6-10-18(11-7-16)26-20-5-3-4-14-25(20)21(23(26)29)22(27)24-15-17-8-12-19(28-2)13-9-17/h3-14H,15H2,1-2H3,(H-,24,27,29)/p+1. The number of carbonyl (C=O) groups excluding carboxylic acids is 1. The van der Waals surface area contributed by atoms with E-state index >= 15 is 0 Å². The molecule has 1 amide bonds. The van der Waals surface area contributed by atoms with Crippen LogP contribution >= 0.6 is 12.6 Å². The maximum Gasteiger partial charge on any atom is 0.297 e. The van der Waals surface area contributed by atoms with Crippen LogP contribution in [-0.2, 0) is 6.54 Å². The first-order valence-corrected chi connectivity index (χ1v) is 9.75. The molecule has 1 N–H and O–H groups in total. The van der Waals surface area contributed by atoms with Gasteiger partial charge in [0, 0.05) is 12.6 Å². The van der Waals surface area contributed by atoms with E-state index in [0.717, 1.165) is 22.6 Å². The van der Waals surface area contributed by atoms with Crippen LogP contribution in [0.3, 0.4) is 0 Å². The maximum absolute atomic E-state index is 13.1. The highest BCUT2D eigenvalue weighted by atomic mass is 32.1. The Hall–Kier alpha value is -3.25.